The first-order valence-corrected chi connectivity index (χ1v) is 10.5. The molecule has 0 bridgehead atoms. The zero-order valence-corrected chi connectivity index (χ0v) is 17.2. The molecule has 5 heteroatoms. The predicted molar refractivity (Wildman–Crippen MR) is 117 cm³/mol. The topological polar surface area (TPSA) is 58.6 Å². The molecule has 0 aromatic heterocycles. The van der Waals surface area contributed by atoms with Crippen molar-refractivity contribution in [1.29, 1.82) is 0 Å². The number of hydrogen-bond acceptors (Lipinski definition) is 4. The van der Waals surface area contributed by atoms with Crippen LogP contribution in [0.15, 0.2) is 48.5 Å². The Kier molecular flexibility index (Phi) is 7.68. The highest BCUT2D eigenvalue weighted by atomic mass is 16.5. The lowest BCUT2D eigenvalue weighted by molar-refractivity contribution is -0.116. The molecular formula is C24H30N2O3. The summed E-state index contributed by atoms with van der Waals surface area (Å²) in [6.07, 6.45) is 6.17. The highest BCUT2D eigenvalue weighted by molar-refractivity contribution is 5.94. The number of hydrogen-bond donors (Lipinski definition) is 1. The van der Waals surface area contributed by atoms with Gasteiger partial charge in [-0.2, -0.15) is 0 Å². The fourth-order valence-corrected chi connectivity index (χ4v) is 3.52. The van der Waals surface area contributed by atoms with E-state index < -0.39 is 0 Å². The van der Waals surface area contributed by atoms with E-state index in [0.29, 0.717) is 30.8 Å². The number of benzene rings is 2. The van der Waals surface area contributed by atoms with Crippen molar-refractivity contribution in [3.8, 4) is 5.75 Å². The minimum atomic E-state index is -0.0111. The van der Waals surface area contributed by atoms with Crippen LogP contribution in [-0.4, -0.2) is 31.4 Å². The lowest BCUT2D eigenvalue weighted by Gasteiger charge is -2.22. The molecule has 1 N–H and O–H groups in total. The fraction of sp³-hybridized carbons (Fsp3) is 0.417. The smallest absolute Gasteiger partial charge is 0.224 e. The van der Waals surface area contributed by atoms with Gasteiger partial charge in [-0.25, -0.2) is 0 Å². The molecule has 5 nitrogen and oxygen atoms in total. The molecule has 0 saturated carbocycles. The number of nitrogens with zero attached hydrogens (tertiary/aromatic N) is 1. The monoisotopic (exact) mass is 394 g/mol. The summed E-state index contributed by atoms with van der Waals surface area (Å²) in [5, 5.41) is 2.95. The first kappa shape index (κ1) is 20.9. The van der Waals surface area contributed by atoms with Crippen LogP contribution in [0.3, 0.4) is 0 Å². The Hall–Kier alpha value is -2.82. The third-order valence-corrected chi connectivity index (χ3v) is 5.20. The molecular weight excluding hydrogens is 364 g/mol. The first-order valence-electron chi connectivity index (χ1n) is 10.5. The summed E-state index contributed by atoms with van der Waals surface area (Å²) in [5.41, 5.74) is 2.72. The number of ether oxygens (including phenoxy) is 1. The van der Waals surface area contributed by atoms with Crippen LogP contribution in [0.1, 0.15) is 55.8 Å². The van der Waals surface area contributed by atoms with Crippen LogP contribution < -0.4 is 15.0 Å². The fourth-order valence-electron chi connectivity index (χ4n) is 3.52. The molecule has 2 aromatic carbocycles. The SMILES string of the molecule is CC(=O)c1ccc(OCCCC(=O)Nc2ccc(N3CCCCCC3)cc2)cc1. The summed E-state index contributed by atoms with van der Waals surface area (Å²) in [4.78, 5) is 25.9. The second-order valence-electron chi connectivity index (χ2n) is 7.53. The summed E-state index contributed by atoms with van der Waals surface area (Å²) in [5.74, 6) is 0.732. The first-order chi connectivity index (χ1) is 14.1. The van der Waals surface area contributed by atoms with Crippen molar-refractivity contribution in [2.24, 2.45) is 0 Å². The van der Waals surface area contributed by atoms with Gasteiger partial charge in [0.25, 0.3) is 0 Å². The van der Waals surface area contributed by atoms with Crippen LogP contribution in [-0.2, 0) is 4.79 Å². The average Bonchev–Trinajstić information content (AvgIpc) is 3.02. The predicted octanol–water partition coefficient (Wildman–Crippen LogP) is 5.07. The van der Waals surface area contributed by atoms with E-state index in [2.05, 4.69) is 22.3 Å². The highest BCUT2D eigenvalue weighted by Crippen LogP contribution is 2.21. The molecule has 0 aliphatic carbocycles. The van der Waals surface area contributed by atoms with Gasteiger partial charge in [0.1, 0.15) is 5.75 Å². The van der Waals surface area contributed by atoms with Crippen LogP contribution >= 0.6 is 0 Å². The molecule has 154 valence electrons. The standard InChI is InChI=1S/C24H30N2O3/c1-19(27)20-8-14-23(15-9-20)29-18-6-7-24(28)25-21-10-12-22(13-11-21)26-16-4-2-3-5-17-26/h8-15H,2-7,16-18H2,1H3,(H,25,28). The third kappa shape index (κ3) is 6.63. The Morgan fingerprint density at radius 3 is 2.21 bits per heavy atom. The summed E-state index contributed by atoms with van der Waals surface area (Å²) in [7, 11) is 0. The molecule has 1 fully saturated rings. The second kappa shape index (κ2) is 10.6. The molecule has 0 atom stereocenters. The Balaban J connectivity index is 1.38. The zero-order chi connectivity index (χ0) is 20.5. The van der Waals surface area contributed by atoms with Gasteiger partial charge in [0.05, 0.1) is 6.61 Å². The van der Waals surface area contributed by atoms with Gasteiger partial charge in [-0.3, -0.25) is 9.59 Å². The second-order valence-corrected chi connectivity index (χ2v) is 7.53. The van der Waals surface area contributed by atoms with E-state index >= 15 is 0 Å². The van der Waals surface area contributed by atoms with E-state index in [1.54, 1.807) is 24.3 Å². The minimum Gasteiger partial charge on any atom is -0.494 e. The molecule has 1 saturated heterocycles. The van der Waals surface area contributed by atoms with Crippen molar-refractivity contribution in [2.75, 3.05) is 29.9 Å². The number of nitrogens with one attached hydrogen (secondary N) is 1. The molecule has 0 radical (unpaired) electrons. The van der Waals surface area contributed by atoms with Crippen LogP contribution in [0, 0.1) is 0 Å². The largest absolute Gasteiger partial charge is 0.494 e. The number of amides is 1. The number of carbonyl (C=O) groups is 2. The van der Waals surface area contributed by atoms with Gasteiger partial charge >= 0.3 is 0 Å². The Morgan fingerprint density at radius 2 is 1.59 bits per heavy atom. The molecule has 1 amide bonds. The molecule has 1 heterocycles. The van der Waals surface area contributed by atoms with Gasteiger partial charge in [0.2, 0.25) is 5.91 Å². The maximum Gasteiger partial charge on any atom is 0.224 e. The number of anilines is 2. The molecule has 1 aliphatic heterocycles. The molecule has 2 aromatic rings. The van der Waals surface area contributed by atoms with Gasteiger partial charge in [-0.15, -0.1) is 0 Å². The van der Waals surface area contributed by atoms with E-state index in [-0.39, 0.29) is 11.7 Å². The average molecular weight is 395 g/mol. The molecule has 1 aliphatic rings. The van der Waals surface area contributed by atoms with E-state index in [9.17, 15) is 9.59 Å². The van der Waals surface area contributed by atoms with Crippen molar-refractivity contribution in [2.45, 2.75) is 45.4 Å². The maximum atomic E-state index is 12.2. The van der Waals surface area contributed by atoms with E-state index in [1.807, 2.05) is 12.1 Å². The Bertz CT molecular complexity index is 792. The van der Waals surface area contributed by atoms with Gasteiger partial charge < -0.3 is 15.0 Å². The van der Waals surface area contributed by atoms with E-state index in [0.717, 1.165) is 18.8 Å². The van der Waals surface area contributed by atoms with E-state index in [4.69, 9.17) is 4.74 Å². The number of rotatable bonds is 8. The zero-order valence-electron chi connectivity index (χ0n) is 17.2. The lowest BCUT2D eigenvalue weighted by atomic mass is 10.1. The van der Waals surface area contributed by atoms with E-state index in [1.165, 1.54) is 38.3 Å². The van der Waals surface area contributed by atoms with Crippen LogP contribution in [0.5, 0.6) is 5.75 Å². The van der Waals surface area contributed by atoms with Gasteiger partial charge in [-0.05, 0) is 74.7 Å². The Labute approximate surface area is 173 Å². The summed E-state index contributed by atoms with van der Waals surface area (Å²) in [6.45, 7) is 4.23. The van der Waals surface area contributed by atoms with Crippen molar-refractivity contribution in [3.63, 3.8) is 0 Å². The molecule has 29 heavy (non-hydrogen) atoms. The number of Topliss-reactive ketones (excluding diaryl/α,β-unsaturated/α-hetero) is 1. The Morgan fingerprint density at radius 1 is 0.931 bits per heavy atom. The van der Waals surface area contributed by atoms with Gasteiger partial charge in [0.15, 0.2) is 5.78 Å². The molecule has 3 rings (SSSR count). The van der Waals surface area contributed by atoms with Gasteiger partial charge in [-0.1, -0.05) is 12.8 Å². The normalized spacial score (nSPS) is 14.2. The summed E-state index contributed by atoms with van der Waals surface area (Å²) < 4.78 is 5.64. The molecule has 0 unspecified atom stereocenters. The quantitative estimate of drug-likeness (QED) is 0.502. The van der Waals surface area contributed by atoms with Crippen LogP contribution in [0.4, 0.5) is 11.4 Å². The maximum absolute atomic E-state index is 12.2. The van der Waals surface area contributed by atoms with Crippen LogP contribution in [0.25, 0.3) is 0 Å². The molecule has 0 spiro atoms. The van der Waals surface area contributed by atoms with Crippen molar-refractivity contribution in [1.82, 2.24) is 0 Å². The number of carbonyl (C=O) groups excluding carboxylic acids is 2. The highest BCUT2D eigenvalue weighted by Gasteiger charge is 2.10. The summed E-state index contributed by atoms with van der Waals surface area (Å²) >= 11 is 0. The van der Waals surface area contributed by atoms with Crippen molar-refractivity contribution in [3.05, 3.63) is 54.1 Å². The lowest BCUT2D eigenvalue weighted by Crippen LogP contribution is -2.23. The van der Waals surface area contributed by atoms with Crippen molar-refractivity contribution >= 4 is 23.1 Å². The van der Waals surface area contributed by atoms with Gasteiger partial charge in [0, 0.05) is 36.4 Å². The van der Waals surface area contributed by atoms with Crippen LogP contribution in [0.2, 0.25) is 0 Å². The summed E-state index contributed by atoms with van der Waals surface area (Å²) in [6, 6.07) is 15.2. The van der Waals surface area contributed by atoms with Crippen molar-refractivity contribution < 1.29 is 14.3 Å². The minimum absolute atomic E-state index is 0.0111. The third-order valence-electron chi connectivity index (χ3n) is 5.20. The number of ketones is 1.